The summed E-state index contributed by atoms with van der Waals surface area (Å²) in [4.78, 5) is 106. The van der Waals surface area contributed by atoms with Gasteiger partial charge >= 0.3 is 0 Å². The van der Waals surface area contributed by atoms with Gasteiger partial charge in [-0.05, 0) is 363 Å². The van der Waals surface area contributed by atoms with E-state index < -0.39 is 43.3 Å². The van der Waals surface area contributed by atoms with Gasteiger partial charge in [-0.1, -0.05) is 280 Å². The number of carbonyl (C=O) groups excluding carboxylic acids is 9. The number of allylic oxidation sites excluding steroid dienone is 35. The first kappa shape index (κ1) is 109. The molecule has 0 N–H and O–H groups in total. The highest BCUT2D eigenvalue weighted by Crippen LogP contribution is 2.57. The van der Waals surface area contributed by atoms with Crippen LogP contribution >= 0.6 is 39.1 Å². The normalized spacial score (nSPS) is 24.5. The number of nitrogens with zero attached hydrogens (tertiary/aromatic N) is 1. The van der Waals surface area contributed by atoms with Gasteiger partial charge in [0.25, 0.3) is 0 Å². The highest BCUT2D eigenvalue weighted by Gasteiger charge is 2.48. The molecular formula is C137H106BrCl2NO9. The van der Waals surface area contributed by atoms with E-state index in [4.69, 9.17) is 92.7 Å². The third-order valence-corrected chi connectivity index (χ3v) is 31.5. The van der Waals surface area contributed by atoms with E-state index in [1.165, 1.54) is 51.6 Å². The Labute approximate surface area is 899 Å². The van der Waals surface area contributed by atoms with Crippen LogP contribution in [0.15, 0.2) is 328 Å². The maximum Gasteiger partial charge on any atom is 0.196 e. The standard InChI is InChI=1S/C18H16O.C17H13BrO.C17H13ClO.C17H14O.C16H11ClO.C16H9NO.C14H12O.C11H10O.C11H8O/c1-4-18-9-8-14-7-5-6-12(2)17(14)15(18)10-16(19)13(3)11-18;2*1-3-17-8-7-12-5-4-6-14(18)16(12)13(17)9-15(19)11(2)10-17;1-3-17-9-8-13-6-4-5-7-14(13)15(17)10-16(18)12(2)11-17;1-3-16-8-10(2)14(18)7-12(16)15-11(9-16)5-4-6-13(15)17;1-2-16-8-11-5-3-4-6-13(11)14(16)7-15(18)12(9-16)10-17;1-4-14(3)9-10(2)13(15)11-7-5-6-8-12(11)14;2*1-4-11(5-2)7-6-10(12)9(3)8-11/h1,5-7,10-11H,8-9H2,2-3H3;2*1,4-6,9-10H,7-8H2,2H3;1,4-7,10-11H,8-9H2,2H3;1,4-8H,9H2,2H3;1,3-7,9H,8H2;1,5-9H,2-3H3;1,5-8H,2H2,3H3;1-2,6-8H,3H3. The number of hydrogen-bond acceptors (Lipinski definition) is 10. The predicted octanol–water partition coefficient (Wildman–Crippen LogP) is 26.0. The number of carbonyl (C=O) groups is 9. The van der Waals surface area contributed by atoms with Crippen LogP contribution in [0.3, 0.4) is 0 Å². The van der Waals surface area contributed by atoms with Gasteiger partial charge in [0.05, 0.1) is 48.9 Å². The third kappa shape index (κ3) is 20.6. The molecule has 0 aliphatic heterocycles. The zero-order valence-electron chi connectivity index (χ0n) is 85.2. The monoisotopic (exact) mass is 2060 g/mol. The van der Waals surface area contributed by atoms with E-state index in [0.717, 1.165) is 174 Å². The minimum absolute atomic E-state index is 0.0164. The zero-order chi connectivity index (χ0) is 109. The number of Topliss-reactive ketones (excluding diaryl/α,β-unsaturated/α-hetero) is 1. The summed E-state index contributed by atoms with van der Waals surface area (Å²) in [5, 5.41) is 10.3. The fourth-order valence-corrected chi connectivity index (χ4v) is 23.1. The molecule has 0 saturated carbocycles. The molecule has 15 aliphatic rings. The van der Waals surface area contributed by atoms with E-state index >= 15 is 0 Å². The lowest BCUT2D eigenvalue weighted by Gasteiger charge is -2.37. The number of terminal acetylenes is 10. The lowest BCUT2D eigenvalue weighted by atomic mass is 9.64. The van der Waals surface area contributed by atoms with E-state index in [2.05, 4.69) is 131 Å². The topological polar surface area (TPSA) is 177 Å². The third-order valence-electron chi connectivity index (χ3n) is 30.2. The number of rotatable bonds is 1. The first-order valence-corrected chi connectivity index (χ1v) is 50.4. The lowest BCUT2D eigenvalue weighted by molar-refractivity contribution is -0.112. The molecule has 7 aromatic carbocycles. The second-order valence-electron chi connectivity index (χ2n) is 39.7. The average Bonchev–Trinajstić information content (AvgIpc) is 1.53. The minimum Gasteiger partial charge on any atom is -0.290 e. The van der Waals surface area contributed by atoms with Gasteiger partial charge in [0, 0.05) is 31.2 Å². The lowest BCUT2D eigenvalue weighted by Crippen LogP contribution is -2.29. The molecule has 0 amide bonds. The molecule has 22 rings (SSSR count). The maximum absolute atomic E-state index is 12.0. The molecule has 150 heavy (non-hydrogen) atoms. The van der Waals surface area contributed by atoms with Crippen LogP contribution in [0.2, 0.25) is 10.0 Å². The van der Waals surface area contributed by atoms with Gasteiger partial charge in [0.2, 0.25) is 0 Å². The van der Waals surface area contributed by atoms with Crippen molar-refractivity contribution in [1.82, 2.24) is 0 Å². The van der Waals surface area contributed by atoms with E-state index in [-0.39, 0.29) is 63.0 Å². The van der Waals surface area contributed by atoms with Gasteiger partial charge in [0.15, 0.2) is 52.0 Å². The van der Waals surface area contributed by atoms with Gasteiger partial charge in [-0.25, -0.2) is 0 Å². The summed E-state index contributed by atoms with van der Waals surface area (Å²) in [7, 11) is 0. The van der Waals surface area contributed by atoms with Crippen molar-refractivity contribution < 1.29 is 43.2 Å². The largest absolute Gasteiger partial charge is 0.290 e. The van der Waals surface area contributed by atoms with Crippen molar-refractivity contribution in [2.75, 3.05) is 0 Å². The van der Waals surface area contributed by atoms with E-state index in [1.54, 1.807) is 87.6 Å². The van der Waals surface area contributed by atoms with Crippen LogP contribution in [0.4, 0.5) is 0 Å². The fourth-order valence-electron chi connectivity index (χ4n) is 21.9. The second-order valence-corrected chi connectivity index (χ2v) is 41.3. The van der Waals surface area contributed by atoms with Crippen LogP contribution in [0.1, 0.15) is 176 Å². The Bertz CT molecular complexity index is 7980. The average molecular weight is 2060 g/mol. The first-order valence-electron chi connectivity index (χ1n) is 48.9. The van der Waals surface area contributed by atoms with Crippen LogP contribution in [0, 0.1) is 185 Å². The van der Waals surface area contributed by atoms with Crippen molar-refractivity contribution >= 4 is 125 Å². The molecule has 7 aromatic rings. The Morgan fingerprint density at radius 2 is 0.680 bits per heavy atom. The molecular weight excluding hydrogens is 1950 g/mol. The molecule has 0 spiro atoms. The molecule has 0 aromatic heterocycles. The summed E-state index contributed by atoms with van der Waals surface area (Å²) >= 11 is 16.2. The number of halogens is 3. The van der Waals surface area contributed by atoms with Crippen molar-refractivity contribution in [1.29, 1.82) is 5.26 Å². The molecule has 0 saturated heterocycles. The van der Waals surface area contributed by atoms with Crippen molar-refractivity contribution in [2.45, 2.75) is 139 Å². The van der Waals surface area contributed by atoms with E-state index in [9.17, 15) is 43.2 Å². The number of nitriles is 1. The van der Waals surface area contributed by atoms with Gasteiger partial charge in [0.1, 0.15) is 11.5 Å². The van der Waals surface area contributed by atoms with Gasteiger partial charge in [-0.2, -0.15) is 5.26 Å². The smallest absolute Gasteiger partial charge is 0.196 e. The van der Waals surface area contributed by atoms with E-state index in [0.29, 0.717) is 33.2 Å². The molecule has 8 unspecified atom stereocenters. The summed E-state index contributed by atoms with van der Waals surface area (Å²) in [5.41, 5.74) is 23.3. The Hall–Kier alpha value is -17.0. The Morgan fingerprint density at radius 3 is 1.15 bits per heavy atom. The predicted molar refractivity (Wildman–Crippen MR) is 608 cm³/mol. The maximum atomic E-state index is 12.0. The minimum atomic E-state index is -0.794. The van der Waals surface area contributed by atoms with Gasteiger partial charge in [-0.3, -0.25) is 43.2 Å². The van der Waals surface area contributed by atoms with Crippen LogP contribution in [-0.2, 0) is 82.3 Å². The van der Waals surface area contributed by atoms with Crippen LogP contribution < -0.4 is 0 Å². The summed E-state index contributed by atoms with van der Waals surface area (Å²) < 4.78 is 1.01. The number of aryl methyl sites for hydroxylation is 5. The Balaban J connectivity index is 0.000000133. The van der Waals surface area contributed by atoms with Gasteiger partial charge in [-0.15, -0.1) is 70.8 Å². The summed E-state index contributed by atoms with van der Waals surface area (Å²) in [6, 6.07) is 49.6. The Morgan fingerprint density at radius 1 is 0.327 bits per heavy atom. The van der Waals surface area contributed by atoms with Crippen LogP contribution in [0.5, 0.6) is 0 Å². The molecule has 0 fully saturated rings. The number of fused-ring (bicyclic) bond motifs is 19. The van der Waals surface area contributed by atoms with Crippen molar-refractivity contribution in [3.8, 4) is 130 Å². The van der Waals surface area contributed by atoms with Crippen LogP contribution in [-0.4, -0.2) is 52.0 Å². The molecule has 10 nitrogen and oxygen atoms in total. The molecule has 0 radical (unpaired) electrons. The second kappa shape index (κ2) is 43.6. The zero-order valence-corrected chi connectivity index (χ0v) is 88.3. The SMILES string of the molecule is C#CC1(C#C)C=CC(=O)C(C)=C1.C#CC1(C)C=C(C)C(=O)c2ccccc21.C#CC1(C=C)C=CC(=O)C(C)=C1.C#CC12C=C(C#N)C(=O)C=C1c1ccccc1C2.C#CC12C=C(C)C(=O)C=C1c1c(Br)cccc1CC2.C#CC12C=C(C)C(=O)C=C1c1c(C)cccc1CC2.C#CC12C=C(C)C(=O)C=C1c1c(Cl)cccc1C2.C#CC12C=C(C)C(=O)C=C1c1c(Cl)cccc1CC2.C#CC12C=C(C)C(=O)C=C1c1ccccc1CC2. The number of benzene rings is 7. The van der Waals surface area contributed by atoms with Crippen molar-refractivity contribution in [3.63, 3.8) is 0 Å². The molecule has 15 aliphatic carbocycles. The first-order chi connectivity index (χ1) is 71.5. The quantitative estimate of drug-likeness (QED) is 0.113. The Kier molecular flexibility index (Phi) is 31.6. The highest BCUT2D eigenvalue weighted by molar-refractivity contribution is 9.10. The molecule has 13 heteroatoms. The summed E-state index contributed by atoms with van der Waals surface area (Å²) in [6.45, 7) is 22.1. The molecule has 0 bridgehead atoms. The van der Waals surface area contributed by atoms with E-state index in [1.807, 2.05) is 187 Å². The fraction of sp³-hybridized carbons (Fsp3) is 0.212. The highest BCUT2D eigenvalue weighted by atomic mass is 79.9. The summed E-state index contributed by atoms with van der Waals surface area (Å²) in [5.74, 6) is 27.6. The van der Waals surface area contributed by atoms with Gasteiger partial charge < -0.3 is 0 Å². The molecule has 0 heterocycles. The summed E-state index contributed by atoms with van der Waals surface area (Å²) in [6.07, 6.45) is 99.1. The van der Waals surface area contributed by atoms with Crippen LogP contribution in [0.25, 0.3) is 33.4 Å². The van der Waals surface area contributed by atoms with Crippen molar-refractivity contribution in [2.24, 2.45) is 43.3 Å². The number of ketones is 9. The number of hydrogen-bond donors (Lipinski definition) is 0. The molecule has 8 atom stereocenters. The van der Waals surface area contributed by atoms with Crippen molar-refractivity contribution in [3.05, 3.63) is 422 Å². The molecule has 734 valence electrons.